The average molecular weight is 421 g/mol. The van der Waals surface area contributed by atoms with Crippen LogP contribution in [0.1, 0.15) is 25.5 Å². The number of quaternary nitrogens is 1. The molecular formula is C21H27FN3O3S+. The van der Waals surface area contributed by atoms with Crippen molar-refractivity contribution in [1.82, 2.24) is 9.62 Å². The SMILES string of the molecule is C[C@H](NC(=O)[C@@H](C)[NH+]1CCN(S(=O)(=O)c2ccc(F)cc2)CC1)c1ccccc1. The van der Waals surface area contributed by atoms with Crippen LogP contribution in [0.3, 0.4) is 0 Å². The first-order valence-electron chi connectivity index (χ1n) is 9.74. The van der Waals surface area contributed by atoms with Gasteiger partial charge >= 0.3 is 0 Å². The van der Waals surface area contributed by atoms with Crippen LogP contribution in [0.5, 0.6) is 0 Å². The Hall–Kier alpha value is -2.29. The summed E-state index contributed by atoms with van der Waals surface area (Å²) in [4.78, 5) is 13.8. The third-order valence-corrected chi connectivity index (χ3v) is 7.39. The Morgan fingerprint density at radius 2 is 1.62 bits per heavy atom. The molecule has 3 rings (SSSR count). The molecule has 2 aromatic carbocycles. The van der Waals surface area contributed by atoms with Gasteiger partial charge in [-0.05, 0) is 43.7 Å². The lowest BCUT2D eigenvalue weighted by molar-refractivity contribution is -0.917. The number of amides is 1. The van der Waals surface area contributed by atoms with Gasteiger partial charge in [0.1, 0.15) is 5.82 Å². The standard InChI is InChI=1S/C21H26FN3O3S/c1-16(18-6-4-3-5-7-18)23-21(26)17(2)24-12-14-25(15-13-24)29(27,28)20-10-8-19(22)9-11-20/h3-11,16-17H,12-15H2,1-2H3,(H,23,26)/p+1/t16-,17+/m0/s1. The summed E-state index contributed by atoms with van der Waals surface area (Å²) in [6, 6.07) is 14.2. The van der Waals surface area contributed by atoms with Crippen molar-refractivity contribution in [2.24, 2.45) is 0 Å². The molecule has 0 aromatic heterocycles. The molecule has 1 aliphatic rings. The molecule has 8 heteroatoms. The predicted octanol–water partition coefficient (Wildman–Crippen LogP) is 0.981. The number of rotatable bonds is 6. The van der Waals surface area contributed by atoms with Gasteiger partial charge in [-0.3, -0.25) is 4.79 Å². The summed E-state index contributed by atoms with van der Waals surface area (Å²) < 4.78 is 39.9. The Balaban J connectivity index is 1.57. The van der Waals surface area contributed by atoms with Gasteiger partial charge in [0.15, 0.2) is 6.04 Å². The molecule has 1 aliphatic heterocycles. The molecule has 2 N–H and O–H groups in total. The van der Waals surface area contributed by atoms with Gasteiger partial charge < -0.3 is 10.2 Å². The van der Waals surface area contributed by atoms with Crippen LogP contribution in [0.25, 0.3) is 0 Å². The van der Waals surface area contributed by atoms with Crippen molar-refractivity contribution in [2.75, 3.05) is 26.2 Å². The molecule has 156 valence electrons. The van der Waals surface area contributed by atoms with E-state index >= 15 is 0 Å². The van der Waals surface area contributed by atoms with Gasteiger partial charge in [-0.1, -0.05) is 30.3 Å². The summed E-state index contributed by atoms with van der Waals surface area (Å²) in [5, 5.41) is 3.04. The van der Waals surface area contributed by atoms with Crippen LogP contribution in [0.4, 0.5) is 4.39 Å². The molecule has 2 aromatic rings. The van der Waals surface area contributed by atoms with Gasteiger partial charge in [0, 0.05) is 0 Å². The van der Waals surface area contributed by atoms with Crippen LogP contribution in [0.15, 0.2) is 59.5 Å². The fraction of sp³-hybridized carbons (Fsp3) is 0.381. The van der Waals surface area contributed by atoms with Crippen molar-refractivity contribution in [3.05, 3.63) is 66.0 Å². The highest BCUT2D eigenvalue weighted by atomic mass is 32.2. The number of benzene rings is 2. The molecule has 0 spiro atoms. The largest absolute Gasteiger partial charge is 0.344 e. The minimum Gasteiger partial charge on any atom is -0.344 e. The van der Waals surface area contributed by atoms with Crippen LogP contribution in [-0.2, 0) is 14.8 Å². The zero-order chi connectivity index (χ0) is 21.0. The molecule has 0 unspecified atom stereocenters. The van der Waals surface area contributed by atoms with Crippen LogP contribution in [0, 0.1) is 5.82 Å². The fourth-order valence-electron chi connectivity index (χ4n) is 3.55. The van der Waals surface area contributed by atoms with Gasteiger partial charge in [-0.25, -0.2) is 12.8 Å². The maximum atomic E-state index is 13.1. The zero-order valence-electron chi connectivity index (χ0n) is 16.6. The Morgan fingerprint density at radius 1 is 1.03 bits per heavy atom. The number of nitrogens with one attached hydrogen (secondary N) is 2. The normalized spacial score (nSPS) is 18.2. The number of nitrogens with zero attached hydrogens (tertiary/aromatic N) is 1. The summed E-state index contributed by atoms with van der Waals surface area (Å²) in [7, 11) is -3.65. The molecule has 6 nitrogen and oxygen atoms in total. The predicted molar refractivity (Wildman–Crippen MR) is 108 cm³/mol. The van der Waals surface area contributed by atoms with Crippen molar-refractivity contribution in [3.8, 4) is 0 Å². The number of carbonyl (C=O) groups excluding carboxylic acids is 1. The Labute approximate surface area is 171 Å². The van der Waals surface area contributed by atoms with Gasteiger partial charge in [0.2, 0.25) is 10.0 Å². The molecule has 1 heterocycles. The lowest BCUT2D eigenvalue weighted by Crippen LogP contribution is -3.19. The van der Waals surface area contributed by atoms with E-state index in [-0.39, 0.29) is 22.9 Å². The van der Waals surface area contributed by atoms with Gasteiger partial charge in [0.05, 0.1) is 37.1 Å². The van der Waals surface area contributed by atoms with E-state index in [1.807, 2.05) is 44.2 Å². The molecule has 1 fully saturated rings. The van der Waals surface area contributed by atoms with Gasteiger partial charge in [-0.15, -0.1) is 0 Å². The number of carbonyl (C=O) groups is 1. The number of piperazine rings is 1. The average Bonchev–Trinajstić information content (AvgIpc) is 2.74. The van der Waals surface area contributed by atoms with E-state index in [1.54, 1.807) is 0 Å². The highest BCUT2D eigenvalue weighted by Gasteiger charge is 2.34. The smallest absolute Gasteiger partial charge is 0.278 e. The van der Waals surface area contributed by atoms with E-state index in [1.165, 1.54) is 16.4 Å². The second-order valence-corrected chi connectivity index (χ2v) is 9.32. The Bertz CT molecular complexity index is 927. The fourth-order valence-corrected chi connectivity index (χ4v) is 4.99. The third kappa shape index (κ3) is 5.01. The van der Waals surface area contributed by atoms with Crippen molar-refractivity contribution in [3.63, 3.8) is 0 Å². The maximum absolute atomic E-state index is 13.1. The molecule has 1 saturated heterocycles. The molecule has 29 heavy (non-hydrogen) atoms. The van der Waals surface area contributed by atoms with Crippen molar-refractivity contribution in [1.29, 1.82) is 0 Å². The number of sulfonamides is 1. The van der Waals surface area contributed by atoms with Crippen molar-refractivity contribution >= 4 is 15.9 Å². The van der Waals surface area contributed by atoms with E-state index in [4.69, 9.17) is 0 Å². The topological polar surface area (TPSA) is 70.9 Å². The molecule has 0 bridgehead atoms. The first kappa shape index (κ1) is 21.4. The van der Waals surface area contributed by atoms with E-state index < -0.39 is 15.8 Å². The van der Waals surface area contributed by atoms with Crippen LogP contribution < -0.4 is 10.2 Å². The van der Waals surface area contributed by atoms with E-state index in [9.17, 15) is 17.6 Å². The Morgan fingerprint density at radius 3 is 2.21 bits per heavy atom. The lowest BCUT2D eigenvalue weighted by Gasteiger charge is -2.34. The molecular weight excluding hydrogens is 393 g/mol. The quantitative estimate of drug-likeness (QED) is 0.732. The monoisotopic (exact) mass is 420 g/mol. The molecule has 2 atom stereocenters. The summed E-state index contributed by atoms with van der Waals surface area (Å²) in [6.07, 6.45) is 0. The first-order chi connectivity index (χ1) is 13.8. The second kappa shape index (κ2) is 9.02. The van der Waals surface area contributed by atoms with Gasteiger partial charge in [0.25, 0.3) is 5.91 Å². The molecule has 0 saturated carbocycles. The number of hydrogen-bond acceptors (Lipinski definition) is 3. The van der Waals surface area contributed by atoms with Crippen LogP contribution in [0.2, 0.25) is 0 Å². The number of halogens is 1. The van der Waals surface area contributed by atoms with E-state index in [0.29, 0.717) is 26.2 Å². The summed E-state index contributed by atoms with van der Waals surface area (Å²) >= 11 is 0. The maximum Gasteiger partial charge on any atom is 0.278 e. The first-order valence-corrected chi connectivity index (χ1v) is 11.2. The minimum absolute atomic E-state index is 0.0498. The summed E-state index contributed by atoms with van der Waals surface area (Å²) in [6.45, 7) is 5.53. The van der Waals surface area contributed by atoms with Crippen molar-refractivity contribution in [2.45, 2.75) is 30.8 Å². The number of hydrogen-bond donors (Lipinski definition) is 2. The molecule has 0 aliphatic carbocycles. The minimum atomic E-state index is -3.65. The summed E-state index contributed by atoms with van der Waals surface area (Å²) in [5.74, 6) is -0.519. The van der Waals surface area contributed by atoms with Crippen LogP contribution in [-0.4, -0.2) is 50.9 Å². The molecule has 1 amide bonds. The lowest BCUT2D eigenvalue weighted by atomic mass is 10.1. The summed E-state index contributed by atoms with van der Waals surface area (Å²) in [5.41, 5.74) is 1.04. The van der Waals surface area contributed by atoms with E-state index in [0.717, 1.165) is 22.6 Å². The van der Waals surface area contributed by atoms with Crippen molar-refractivity contribution < 1.29 is 22.5 Å². The highest BCUT2D eigenvalue weighted by molar-refractivity contribution is 7.89. The third-order valence-electron chi connectivity index (χ3n) is 5.48. The highest BCUT2D eigenvalue weighted by Crippen LogP contribution is 2.16. The molecule has 0 radical (unpaired) electrons. The second-order valence-electron chi connectivity index (χ2n) is 7.38. The van der Waals surface area contributed by atoms with Gasteiger partial charge in [-0.2, -0.15) is 4.31 Å². The van der Waals surface area contributed by atoms with E-state index in [2.05, 4.69) is 5.32 Å². The van der Waals surface area contributed by atoms with Crippen LogP contribution >= 0.6 is 0 Å². The Kier molecular flexibility index (Phi) is 6.66. The zero-order valence-corrected chi connectivity index (χ0v) is 17.5.